The topological polar surface area (TPSA) is 48.0 Å². The van der Waals surface area contributed by atoms with Crippen molar-refractivity contribution in [2.75, 3.05) is 41.5 Å². The minimum absolute atomic E-state index is 0. The SMILES string of the molecule is COc1ccc(C(=O)OCCN(C)C)cc1OC.Cl. The molecule has 0 aliphatic rings. The van der Waals surface area contributed by atoms with Crippen molar-refractivity contribution in [2.45, 2.75) is 0 Å². The molecule has 0 radical (unpaired) electrons. The van der Waals surface area contributed by atoms with E-state index < -0.39 is 0 Å². The number of likely N-dealkylation sites (N-methyl/N-ethyl adjacent to an activating group) is 1. The summed E-state index contributed by atoms with van der Waals surface area (Å²) in [6.45, 7) is 1.05. The van der Waals surface area contributed by atoms with Crippen LogP contribution in [0, 0.1) is 0 Å². The lowest BCUT2D eigenvalue weighted by Gasteiger charge is -2.11. The van der Waals surface area contributed by atoms with Crippen molar-refractivity contribution < 1.29 is 19.0 Å². The third kappa shape index (κ3) is 5.36. The second-order valence-corrected chi connectivity index (χ2v) is 4.01. The van der Waals surface area contributed by atoms with Gasteiger partial charge < -0.3 is 19.1 Å². The van der Waals surface area contributed by atoms with Gasteiger partial charge in [-0.05, 0) is 32.3 Å². The Kier molecular flexibility index (Phi) is 7.95. The normalized spacial score (nSPS) is 9.74. The van der Waals surface area contributed by atoms with E-state index in [1.54, 1.807) is 25.3 Å². The maximum absolute atomic E-state index is 11.8. The van der Waals surface area contributed by atoms with Crippen LogP contribution in [0.1, 0.15) is 10.4 Å². The zero-order chi connectivity index (χ0) is 13.5. The lowest BCUT2D eigenvalue weighted by Crippen LogP contribution is -2.20. The minimum Gasteiger partial charge on any atom is -0.493 e. The smallest absolute Gasteiger partial charge is 0.338 e. The second-order valence-electron chi connectivity index (χ2n) is 4.01. The number of carbonyl (C=O) groups excluding carboxylic acids is 1. The van der Waals surface area contributed by atoms with E-state index in [2.05, 4.69) is 0 Å². The number of hydrogen-bond acceptors (Lipinski definition) is 5. The van der Waals surface area contributed by atoms with Gasteiger partial charge in [0, 0.05) is 6.54 Å². The zero-order valence-corrected chi connectivity index (χ0v) is 12.5. The van der Waals surface area contributed by atoms with Crippen LogP contribution in [0.25, 0.3) is 0 Å². The van der Waals surface area contributed by atoms with Crippen LogP contribution in [0.3, 0.4) is 0 Å². The zero-order valence-electron chi connectivity index (χ0n) is 11.6. The van der Waals surface area contributed by atoms with Crippen LogP contribution in [0.5, 0.6) is 11.5 Å². The predicted molar refractivity (Wildman–Crippen MR) is 75.6 cm³/mol. The van der Waals surface area contributed by atoms with Crippen molar-refractivity contribution in [3.05, 3.63) is 23.8 Å². The Bertz CT molecular complexity index is 410. The molecule has 0 aromatic heterocycles. The third-order valence-electron chi connectivity index (χ3n) is 2.39. The Morgan fingerprint density at radius 1 is 1.16 bits per heavy atom. The molecular formula is C13H20ClNO4. The molecule has 0 aliphatic heterocycles. The summed E-state index contributed by atoms with van der Waals surface area (Å²) in [7, 11) is 6.92. The molecule has 0 unspecified atom stereocenters. The summed E-state index contributed by atoms with van der Waals surface area (Å²) in [5.41, 5.74) is 0.450. The van der Waals surface area contributed by atoms with Crippen molar-refractivity contribution in [2.24, 2.45) is 0 Å². The maximum Gasteiger partial charge on any atom is 0.338 e. The van der Waals surface area contributed by atoms with Gasteiger partial charge >= 0.3 is 5.97 Å². The Labute approximate surface area is 119 Å². The largest absolute Gasteiger partial charge is 0.493 e. The molecule has 0 saturated heterocycles. The van der Waals surface area contributed by atoms with Crippen LogP contribution in [0.15, 0.2) is 18.2 Å². The van der Waals surface area contributed by atoms with Crippen LogP contribution in [-0.4, -0.2) is 52.3 Å². The Morgan fingerprint density at radius 3 is 2.32 bits per heavy atom. The van der Waals surface area contributed by atoms with E-state index in [9.17, 15) is 4.79 Å². The summed E-state index contributed by atoms with van der Waals surface area (Å²) in [6, 6.07) is 4.94. The lowest BCUT2D eigenvalue weighted by atomic mass is 10.2. The maximum atomic E-state index is 11.8. The van der Waals surface area contributed by atoms with Crippen LogP contribution >= 0.6 is 12.4 Å². The number of hydrogen-bond donors (Lipinski definition) is 0. The highest BCUT2D eigenvalue weighted by molar-refractivity contribution is 5.90. The predicted octanol–water partition coefficient (Wildman–Crippen LogP) is 1.84. The van der Waals surface area contributed by atoms with Crippen molar-refractivity contribution >= 4 is 18.4 Å². The van der Waals surface area contributed by atoms with Gasteiger partial charge in [-0.15, -0.1) is 12.4 Å². The van der Waals surface area contributed by atoms with E-state index in [0.717, 1.165) is 0 Å². The molecule has 0 heterocycles. The number of esters is 1. The lowest BCUT2D eigenvalue weighted by molar-refractivity contribution is 0.0481. The summed E-state index contributed by atoms with van der Waals surface area (Å²) in [5, 5.41) is 0. The van der Waals surface area contributed by atoms with E-state index in [4.69, 9.17) is 14.2 Å². The molecule has 0 fully saturated rings. The average molecular weight is 290 g/mol. The van der Waals surface area contributed by atoms with Gasteiger partial charge in [-0.25, -0.2) is 4.79 Å². The molecule has 0 atom stereocenters. The molecule has 0 spiro atoms. The highest BCUT2D eigenvalue weighted by Gasteiger charge is 2.11. The molecule has 0 bridgehead atoms. The molecule has 108 valence electrons. The van der Waals surface area contributed by atoms with Crippen molar-refractivity contribution in [3.8, 4) is 11.5 Å². The van der Waals surface area contributed by atoms with E-state index >= 15 is 0 Å². The number of ether oxygens (including phenoxy) is 3. The average Bonchev–Trinajstić information content (AvgIpc) is 2.37. The van der Waals surface area contributed by atoms with Crippen LogP contribution in [-0.2, 0) is 4.74 Å². The molecule has 1 aromatic rings. The van der Waals surface area contributed by atoms with Crippen LogP contribution in [0.4, 0.5) is 0 Å². The minimum atomic E-state index is -0.363. The van der Waals surface area contributed by atoms with Gasteiger partial charge in [0.25, 0.3) is 0 Å². The monoisotopic (exact) mass is 289 g/mol. The third-order valence-corrected chi connectivity index (χ3v) is 2.39. The van der Waals surface area contributed by atoms with Gasteiger partial charge in [0.2, 0.25) is 0 Å². The quantitative estimate of drug-likeness (QED) is 0.748. The van der Waals surface area contributed by atoms with E-state index in [-0.39, 0.29) is 18.4 Å². The standard InChI is InChI=1S/C13H19NO4.ClH/c1-14(2)7-8-18-13(15)10-5-6-11(16-3)12(9-10)17-4;/h5-6,9H,7-8H2,1-4H3;1H. The number of carbonyl (C=O) groups is 1. The first-order chi connectivity index (χ1) is 8.58. The van der Waals surface area contributed by atoms with Crippen molar-refractivity contribution in [3.63, 3.8) is 0 Å². The molecule has 5 nitrogen and oxygen atoms in total. The van der Waals surface area contributed by atoms with E-state index in [1.165, 1.54) is 7.11 Å². The second kappa shape index (κ2) is 8.61. The Morgan fingerprint density at radius 2 is 1.79 bits per heavy atom. The highest BCUT2D eigenvalue weighted by atomic mass is 35.5. The summed E-state index contributed by atoms with van der Waals surface area (Å²) in [5.74, 6) is 0.736. The molecule has 0 saturated carbocycles. The van der Waals surface area contributed by atoms with Crippen molar-refractivity contribution in [1.29, 1.82) is 0 Å². The summed E-state index contributed by atoms with van der Waals surface area (Å²) < 4.78 is 15.4. The van der Waals surface area contributed by atoms with Gasteiger partial charge in [0.15, 0.2) is 11.5 Å². The molecular weight excluding hydrogens is 270 g/mol. The van der Waals surface area contributed by atoms with Crippen LogP contribution in [0.2, 0.25) is 0 Å². The van der Waals surface area contributed by atoms with Crippen LogP contribution < -0.4 is 9.47 Å². The summed E-state index contributed by atoms with van der Waals surface area (Å²) in [4.78, 5) is 13.7. The van der Waals surface area contributed by atoms with E-state index in [0.29, 0.717) is 30.2 Å². The fraction of sp³-hybridized carbons (Fsp3) is 0.462. The van der Waals surface area contributed by atoms with Gasteiger partial charge in [-0.2, -0.15) is 0 Å². The molecule has 0 N–H and O–H groups in total. The molecule has 1 aromatic carbocycles. The number of halogens is 1. The fourth-order valence-electron chi connectivity index (χ4n) is 1.37. The first-order valence-electron chi connectivity index (χ1n) is 5.62. The number of methoxy groups -OCH3 is 2. The number of nitrogens with zero attached hydrogens (tertiary/aromatic N) is 1. The molecule has 0 aliphatic carbocycles. The number of benzene rings is 1. The Hall–Kier alpha value is -1.46. The van der Waals surface area contributed by atoms with Gasteiger partial charge in [0.1, 0.15) is 6.61 Å². The highest BCUT2D eigenvalue weighted by Crippen LogP contribution is 2.27. The number of rotatable bonds is 6. The fourth-order valence-corrected chi connectivity index (χ4v) is 1.37. The van der Waals surface area contributed by atoms with Gasteiger partial charge in [-0.3, -0.25) is 0 Å². The first-order valence-corrected chi connectivity index (χ1v) is 5.62. The summed E-state index contributed by atoms with van der Waals surface area (Å²) >= 11 is 0. The summed E-state index contributed by atoms with van der Waals surface area (Å²) in [6.07, 6.45) is 0. The van der Waals surface area contributed by atoms with Gasteiger partial charge in [-0.1, -0.05) is 0 Å². The van der Waals surface area contributed by atoms with Crippen molar-refractivity contribution in [1.82, 2.24) is 4.90 Å². The molecule has 0 amide bonds. The molecule has 19 heavy (non-hydrogen) atoms. The van der Waals surface area contributed by atoms with Gasteiger partial charge in [0.05, 0.1) is 19.8 Å². The van der Waals surface area contributed by atoms with E-state index in [1.807, 2.05) is 19.0 Å². The first kappa shape index (κ1) is 17.5. The molecule has 6 heteroatoms. The molecule has 1 rings (SSSR count). The Balaban J connectivity index is 0.00000324.